The van der Waals surface area contributed by atoms with Crippen molar-refractivity contribution in [3.63, 3.8) is 0 Å². The van der Waals surface area contributed by atoms with Crippen molar-refractivity contribution in [3.05, 3.63) is 58.2 Å². The number of aliphatic hydroxyl groups is 2. The first kappa shape index (κ1) is 32.3. The third-order valence-corrected chi connectivity index (χ3v) is 6.19. The Hall–Kier alpha value is -2.70. The predicted octanol–water partition coefficient (Wildman–Crippen LogP) is 6.70. The largest absolute Gasteiger partial charge is 0.427 e. The molecule has 37 heavy (non-hydrogen) atoms. The summed E-state index contributed by atoms with van der Waals surface area (Å²) in [5, 5.41) is 19.8. The standard InChI is InChI=1S/C31H46O6/c1-21(12-10-14-23(3)16-18-29(34)31(7,8)35)11-9-13-22(2)15-17-27-20-28(36-25(5)32)19-24(4)30(27)37-26(6)33/h11,14-15,19-20,29,34-35H,9-10,12-13,16-18H2,1-8H3/b21-11+,22-15+,23-14+/t29-/m1/s1. The van der Waals surface area contributed by atoms with Gasteiger partial charge in [0.15, 0.2) is 0 Å². The van der Waals surface area contributed by atoms with E-state index in [1.54, 1.807) is 26.0 Å². The predicted molar refractivity (Wildman–Crippen MR) is 149 cm³/mol. The van der Waals surface area contributed by atoms with Crippen molar-refractivity contribution in [2.45, 2.75) is 112 Å². The first-order valence-corrected chi connectivity index (χ1v) is 13.1. The summed E-state index contributed by atoms with van der Waals surface area (Å²) in [4.78, 5) is 23.0. The number of hydrogen-bond donors (Lipinski definition) is 2. The molecule has 1 aromatic carbocycles. The van der Waals surface area contributed by atoms with Crippen LogP contribution in [0.15, 0.2) is 47.1 Å². The Kier molecular flexibility index (Phi) is 13.6. The van der Waals surface area contributed by atoms with Crippen molar-refractivity contribution in [3.8, 4) is 11.5 Å². The van der Waals surface area contributed by atoms with Crippen LogP contribution in [0.2, 0.25) is 0 Å². The van der Waals surface area contributed by atoms with Gasteiger partial charge in [-0.25, -0.2) is 0 Å². The summed E-state index contributed by atoms with van der Waals surface area (Å²) < 4.78 is 10.7. The van der Waals surface area contributed by atoms with Gasteiger partial charge in [0.2, 0.25) is 0 Å². The first-order valence-electron chi connectivity index (χ1n) is 13.1. The Labute approximate surface area is 223 Å². The zero-order valence-corrected chi connectivity index (χ0v) is 23.9. The fourth-order valence-corrected chi connectivity index (χ4v) is 3.88. The molecular weight excluding hydrogens is 468 g/mol. The SMILES string of the molecule is CC(=O)Oc1cc(C)c(OC(C)=O)c(C/C=C(\C)CC/C=C(\C)CC/C=C(\C)CC[C@@H](O)C(C)(C)O)c1. The van der Waals surface area contributed by atoms with E-state index in [2.05, 4.69) is 39.0 Å². The lowest BCUT2D eigenvalue weighted by molar-refractivity contribution is -0.133. The van der Waals surface area contributed by atoms with Gasteiger partial charge in [-0.05, 0) is 104 Å². The summed E-state index contributed by atoms with van der Waals surface area (Å²) in [6.45, 7) is 14.1. The van der Waals surface area contributed by atoms with Crippen molar-refractivity contribution < 1.29 is 29.3 Å². The molecule has 0 heterocycles. The topological polar surface area (TPSA) is 93.1 Å². The molecule has 0 bridgehead atoms. The minimum Gasteiger partial charge on any atom is -0.427 e. The zero-order chi connectivity index (χ0) is 28.2. The molecule has 6 heteroatoms. The van der Waals surface area contributed by atoms with E-state index in [9.17, 15) is 19.8 Å². The molecule has 1 atom stereocenters. The number of ether oxygens (including phenoxy) is 2. The van der Waals surface area contributed by atoms with Gasteiger partial charge in [0, 0.05) is 19.4 Å². The average Bonchev–Trinajstić information content (AvgIpc) is 2.76. The van der Waals surface area contributed by atoms with Gasteiger partial charge in [-0.3, -0.25) is 9.59 Å². The van der Waals surface area contributed by atoms with Gasteiger partial charge in [-0.15, -0.1) is 0 Å². The van der Waals surface area contributed by atoms with Crippen LogP contribution in [-0.2, 0) is 16.0 Å². The number of carbonyl (C=O) groups is 2. The summed E-state index contributed by atoms with van der Waals surface area (Å²) >= 11 is 0. The van der Waals surface area contributed by atoms with E-state index in [1.165, 1.54) is 30.6 Å². The van der Waals surface area contributed by atoms with Crippen LogP contribution in [-0.4, -0.2) is 33.9 Å². The number of benzene rings is 1. The number of allylic oxidation sites excluding steroid dienone is 6. The van der Waals surface area contributed by atoms with Gasteiger partial charge in [0.05, 0.1) is 11.7 Å². The second-order valence-electron chi connectivity index (χ2n) is 10.6. The molecule has 6 nitrogen and oxygen atoms in total. The summed E-state index contributed by atoms with van der Waals surface area (Å²) in [5.41, 5.74) is 4.28. The van der Waals surface area contributed by atoms with Gasteiger partial charge in [0.25, 0.3) is 0 Å². The molecule has 0 aliphatic heterocycles. The Morgan fingerprint density at radius 2 is 1.38 bits per heavy atom. The molecule has 0 aromatic heterocycles. The molecule has 0 aliphatic rings. The van der Waals surface area contributed by atoms with Crippen molar-refractivity contribution in [2.24, 2.45) is 0 Å². The summed E-state index contributed by atoms with van der Waals surface area (Å²) in [6.07, 6.45) is 11.6. The van der Waals surface area contributed by atoms with Crippen LogP contribution in [0.25, 0.3) is 0 Å². The van der Waals surface area contributed by atoms with E-state index < -0.39 is 17.7 Å². The first-order chi connectivity index (χ1) is 17.2. The fraction of sp³-hybridized carbons (Fsp3) is 0.548. The Morgan fingerprint density at radius 1 is 0.865 bits per heavy atom. The molecule has 0 spiro atoms. The summed E-state index contributed by atoms with van der Waals surface area (Å²) in [6, 6.07) is 3.45. The van der Waals surface area contributed by atoms with Gasteiger partial charge in [-0.1, -0.05) is 34.9 Å². The molecule has 0 saturated heterocycles. The highest BCUT2D eigenvalue weighted by atomic mass is 16.5. The summed E-state index contributed by atoms with van der Waals surface area (Å²) in [7, 11) is 0. The third-order valence-electron chi connectivity index (χ3n) is 6.19. The van der Waals surface area contributed by atoms with E-state index >= 15 is 0 Å². The lowest BCUT2D eigenvalue weighted by Crippen LogP contribution is -2.35. The van der Waals surface area contributed by atoms with Crippen LogP contribution >= 0.6 is 0 Å². The lowest BCUT2D eigenvalue weighted by Gasteiger charge is -2.24. The Bertz CT molecular complexity index is 1010. The van der Waals surface area contributed by atoms with Crippen LogP contribution < -0.4 is 9.47 Å². The number of esters is 2. The van der Waals surface area contributed by atoms with Gasteiger partial charge in [-0.2, -0.15) is 0 Å². The zero-order valence-electron chi connectivity index (χ0n) is 23.9. The lowest BCUT2D eigenvalue weighted by atomic mass is 9.95. The molecule has 0 unspecified atom stereocenters. The molecule has 0 fully saturated rings. The van der Waals surface area contributed by atoms with Crippen molar-refractivity contribution in [2.75, 3.05) is 0 Å². The molecule has 0 radical (unpaired) electrons. The molecular formula is C31H46O6. The van der Waals surface area contributed by atoms with Gasteiger partial charge in [0.1, 0.15) is 11.5 Å². The Morgan fingerprint density at radius 3 is 1.89 bits per heavy atom. The van der Waals surface area contributed by atoms with Crippen LogP contribution in [0, 0.1) is 6.92 Å². The maximum atomic E-state index is 11.6. The van der Waals surface area contributed by atoms with Gasteiger partial charge < -0.3 is 19.7 Å². The minimum atomic E-state index is -1.07. The molecule has 0 aliphatic carbocycles. The van der Waals surface area contributed by atoms with Crippen LogP contribution in [0.5, 0.6) is 11.5 Å². The number of carbonyl (C=O) groups excluding carboxylic acids is 2. The van der Waals surface area contributed by atoms with Crippen molar-refractivity contribution in [1.82, 2.24) is 0 Å². The second-order valence-corrected chi connectivity index (χ2v) is 10.6. The maximum absolute atomic E-state index is 11.6. The Balaban J connectivity index is 2.64. The minimum absolute atomic E-state index is 0.386. The third kappa shape index (κ3) is 13.4. The fourth-order valence-electron chi connectivity index (χ4n) is 3.88. The van der Waals surface area contributed by atoms with E-state index in [1.807, 2.05) is 6.92 Å². The highest BCUT2D eigenvalue weighted by Crippen LogP contribution is 2.30. The molecule has 1 rings (SSSR count). The molecule has 1 aromatic rings. The normalized spacial score (nSPS) is 13.9. The van der Waals surface area contributed by atoms with E-state index in [4.69, 9.17) is 9.47 Å². The quantitative estimate of drug-likeness (QED) is 0.163. The molecule has 206 valence electrons. The van der Waals surface area contributed by atoms with E-state index in [0.717, 1.165) is 43.2 Å². The number of hydrogen-bond acceptors (Lipinski definition) is 6. The summed E-state index contributed by atoms with van der Waals surface area (Å²) in [5.74, 6) is 0.177. The van der Waals surface area contributed by atoms with Crippen LogP contribution in [0.1, 0.15) is 98.1 Å². The van der Waals surface area contributed by atoms with Crippen molar-refractivity contribution in [1.29, 1.82) is 0 Å². The molecule has 0 amide bonds. The number of aryl methyl sites for hydroxylation is 1. The smallest absolute Gasteiger partial charge is 0.308 e. The average molecular weight is 515 g/mol. The monoisotopic (exact) mass is 514 g/mol. The van der Waals surface area contributed by atoms with E-state index in [0.29, 0.717) is 24.3 Å². The number of aliphatic hydroxyl groups excluding tert-OH is 1. The van der Waals surface area contributed by atoms with E-state index in [-0.39, 0.29) is 5.97 Å². The maximum Gasteiger partial charge on any atom is 0.308 e. The van der Waals surface area contributed by atoms with Crippen LogP contribution in [0.4, 0.5) is 0 Å². The second kappa shape index (κ2) is 15.5. The molecule has 0 saturated carbocycles. The highest BCUT2D eigenvalue weighted by molar-refractivity contribution is 5.72. The molecule has 2 N–H and O–H groups in total. The number of rotatable bonds is 14. The van der Waals surface area contributed by atoms with Crippen LogP contribution in [0.3, 0.4) is 0 Å². The highest BCUT2D eigenvalue weighted by Gasteiger charge is 2.23. The van der Waals surface area contributed by atoms with Gasteiger partial charge >= 0.3 is 11.9 Å². The van der Waals surface area contributed by atoms with Crippen molar-refractivity contribution >= 4 is 11.9 Å².